The lowest BCUT2D eigenvalue weighted by molar-refractivity contribution is -0.384. The van der Waals surface area contributed by atoms with Gasteiger partial charge in [0, 0.05) is 17.7 Å². The van der Waals surface area contributed by atoms with Crippen molar-refractivity contribution >= 4 is 60.9 Å². The minimum atomic E-state index is -0.437. The van der Waals surface area contributed by atoms with Crippen LogP contribution in [-0.4, -0.2) is 16.5 Å². The molecule has 7 nitrogen and oxygen atoms in total. The molecule has 0 fully saturated rings. The molecule has 1 heterocycles. The van der Waals surface area contributed by atoms with E-state index in [1.54, 1.807) is 12.1 Å². The van der Waals surface area contributed by atoms with Crippen LogP contribution in [0.25, 0.3) is 6.08 Å². The van der Waals surface area contributed by atoms with E-state index < -0.39 is 4.92 Å². The molecule has 5 rings (SSSR count). The predicted molar refractivity (Wildman–Crippen MR) is 154 cm³/mol. The number of rotatable bonds is 7. The highest BCUT2D eigenvalue weighted by Gasteiger charge is 2.32. The lowest BCUT2D eigenvalue weighted by Crippen LogP contribution is -2.21. The van der Waals surface area contributed by atoms with Gasteiger partial charge in [-0.2, -0.15) is 10.1 Å². The molecule has 188 valence electrons. The lowest BCUT2D eigenvalue weighted by Gasteiger charge is -2.12. The molecule has 1 aliphatic heterocycles. The molecule has 0 saturated heterocycles. The van der Waals surface area contributed by atoms with E-state index in [1.165, 1.54) is 17.1 Å². The van der Waals surface area contributed by atoms with Crippen molar-refractivity contribution in [3.05, 3.63) is 138 Å². The summed E-state index contributed by atoms with van der Waals surface area (Å²) in [7, 11) is 0. The number of non-ortho nitro benzene ring substituents is 1. The van der Waals surface area contributed by atoms with Crippen LogP contribution in [0.4, 0.5) is 11.4 Å². The predicted octanol–water partition coefficient (Wildman–Crippen LogP) is 7.53. The number of anilines is 1. The Hall–Kier alpha value is -4.08. The zero-order valence-corrected chi connectivity index (χ0v) is 22.9. The van der Waals surface area contributed by atoms with Gasteiger partial charge in [0.15, 0.2) is 0 Å². The van der Waals surface area contributed by atoms with Crippen molar-refractivity contribution in [3.8, 4) is 5.75 Å². The van der Waals surface area contributed by atoms with E-state index in [1.807, 2.05) is 78.9 Å². The van der Waals surface area contributed by atoms with Gasteiger partial charge in [-0.25, -0.2) is 0 Å². The number of amides is 1. The number of benzene rings is 4. The van der Waals surface area contributed by atoms with E-state index in [0.717, 1.165) is 16.7 Å². The van der Waals surface area contributed by atoms with Gasteiger partial charge in [-0.15, -0.1) is 0 Å². The van der Waals surface area contributed by atoms with Gasteiger partial charge < -0.3 is 4.74 Å². The van der Waals surface area contributed by atoms with Crippen LogP contribution in [0.1, 0.15) is 16.7 Å². The summed E-state index contributed by atoms with van der Waals surface area (Å²) >= 11 is 7.15. The number of nitro groups is 1. The fourth-order valence-corrected chi connectivity index (χ4v) is 5.39. The number of carbonyl (C=O) groups is 1. The second kappa shape index (κ2) is 11.1. The summed E-state index contributed by atoms with van der Waals surface area (Å²) in [5.41, 5.74) is 4.18. The van der Waals surface area contributed by atoms with E-state index in [4.69, 9.17) is 4.74 Å². The third kappa shape index (κ3) is 5.44. The third-order valence-corrected chi connectivity index (χ3v) is 6.97. The number of nitrogens with zero attached hydrogens (tertiary/aromatic N) is 3. The number of ether oxygens (including phenoxy) is 1. The summed E-state index contributed by atoms with van der Waals surface area (Å²) in [6.45, 7) is 0.227. The van der Waals surface area contributed by atoms with Gasteiger partial charge in [-0.05, 0) is 85.5 Å². The highest BCUT2D eigenvalue weighted by molar-refractivity contribution is 9.11. The molecule has 0 radical (unpaired) electrons. The molecule has 0 unspecified atom stereocenters. The smallest absolute Gasteiger partial charge is 0.281 e. The van der Waals surface area contributed by atoms with Gasteiger partial charge >= 0.3 is 0 Å². The Bertz CT molecular complexity index is 1550. The first-order valence-corrected chi connectivity index (χ1v) is 13.1. The molecule has 0 bridgehead atoms. The van der Waals surface area contributed by atoms with Crippen LogP contribution in [0.3, 0.4) is 0 Å². The van der Waals surface area contributed by atoms with Crippen molar-refractivity contribution in [2.45, 2.75) is 6.61 Å². The number of para-hydroxylation sites is 1. The quantitative estimate of drug-likeness (QED) is 0.120. The molecule has 38 heavy (non-hydrogen) atoms. The van der Waals surface area contributed by atoms with E-state index in [9.17, 15) is 14.9 Å². The molecule has 0 N–H and O–H groups in total. The standard InChI is InChI=1S/C29H19Br2N3O4/c30-25-16-20(17-26(31)28(25)38-18-19-11-13-23(14-12-19)34(36)37)15-24-27(21-7-3-1-4-8-21)32-33(29(24)35)22-9-5-2-6-10-22/h1-17H,18H2/b24-15-. The minimum Gasteiger partial charge on any atom is -0.487 e. The van der Waals surface area contributed by atoms with Gasteiger partial charge in [0.05, 0.1) is 25.1 Å². The van der Waals surface area contributed by atoms with Crippen LogP contribution < -0.4 is 9.75 Å². The summed E-state index contributed by atoms with van der Waals surface area (Å²) in [6, 6.07) is 28.9. The third-order valence-electron chi connectivity index (χ3n) is 5.79. The molecule has 0 atom stereocenters. The van der Waals surface area contributed by atoms with E-state index in [0.29, 0.717) is 31.7 Å². The number of hydrazone groups is 1. The largest absolute Gasteiger partial charge is 0.487 e. The Morgan fingerprint density at radius 3 is 2.11 bits per heavy atom. The number of carbonyl (C=O) groups excluding carboxylic acids is 1. The average Bonchev–Trinajstić information content (AvgIpc) is 3.25. The Morgan fingerprint density at radius 2 is 1.50 bits per heavy atom. The minimum absolute atomic E-state index is 0.0270. The first-order valence-electron chi connectivity index (χ1n) is 11.5. The van der Waals surface area contributed by atoms with E-state index >= 15 is 0 Å². The van der Waals surface area contributed by atoms with Crippen LogP contribution in [0.15, 0.2) is 117 Å². The second-order valence-electron chi connectivity index (χ2n) is 8.35. The SMILES string of the molecule is O=C1/C(=C\c2cc(Br)c(OCc3ccc([N+](=O)[O-])cc3)c(Br)c2)C(c2ccccc2)=NN1c1ccccc1. The average molecular weight is 633 g/mol. The number of halogens is 2. The van der Waals surface area contributed by atoms with Crippen LogP contribution in [0, 0.1) is 10.1 Å². The fourth-order valence-electron chi connectivity index (χ4n) is 3.93. The number of hydrogen-bond acceptors (Lipinski definition) is 5. The Morgan fingerprint density at radius 1 is 0.895 bits per heavy atom. The van der Waals surface area contributed by atoms with Crippen molar-refractivity contribution in [3.63, 3.8) is 0 Å². The van der Waals surface area contributed by atoms with Crippen LogP contribution in [0.2, 0.25) is 0 Å². The van der Waals surface area contributed by atoms with Crippen LogP contribution in [-0.2, 0) is 11.4 Å². The zero-order chi connectivity index (χ0) is 26.6. The van der Waals surface area contributed by atoms with Gasteiger partial charge in [-0.1, -0.05) is 48.5 Å². The van der Waals surface area contributed by atoms with Crippen LogP contribution in [0.5, 0.6) is 5.75 Å². The number of hydrogen-bond donors (Lipinski definition) is 0. The molecule has 0 aromatic heterocycles. The zero-order valence-electron chi connectivity index (χ0n) is 19.8. The maximum atomic E-state index is 13.5. The summed E-state index contributed by atoms with van der Waals surface area (Å²) in [4.78, 5) is 23.9. The molecule has 0 aliphatic carbocycles. The molecule has 4 aromatic carbocycles. The molecule has 0 saturated carbocycles. The van der Waals surface area contributed by atoms with Gasteiger partial charge in [0.1, 0.15) is 18.1 Å². The van der Waals surface area contributed by atoms with Crippen molar-refractivity contribution in [1.82, 2.24) is 0 Å². The molecule has 4 aromatic rings. The summed E-state index contributed by atoms with van der Waals surface area (Å²) in [5, 5.41) is 17.0. The topological polar surface area (TPSA) is 85.0 Å². The van der Waals surface area contributed by atoms with Gasteiger partial charge in [-0.3, -0.25) is 14.9 Å². The normalized spacial score (nSPS) is 14.1. The summed E-state index contributed by atoms with van der Waals surface area (Å²) in [6.07, 6.45) is 1.81. The lowest BCUT2D eigenvalue weighted by atomic mass is 10.0. The maximum absolute atomic E-state index is 13.5. The molecule has 9 heteroatoms. The van der Waals surface area contributed by atoms with Crippen molar-refractivity contribution in [1.29, 1.82) is 0 Å². The summed E-state index contributed by atoms with van der Waals surface area (Å²) < 4.78 is 7.35. The molecule has 1 aliphatic rings. The summed E-state index contributed by atoms with van der Waals surface area (Å²) in [5.74, 6) is 0.354. The maximum Gasteiger partial charge on any atom is 0.281 e. The van der Waals surface area contributed by atoms with Gasteiger partial charge in [0.25, 0.3) is 11.6 Å². The van der Waals surface area contributed by atoms with Crippen molar-refractivity contribution in [2.24, 2.45) is 5.10 Å². The van der Waals surface area contributed by atoms with Gasteiger partial charge in [0.2, 0.25) is 0 Å². The molecular weight excluding hydrogens is 614 g/mol. The Labute approximate surface area is 235 Å². The van der Waals surface area contributed by atoms with E-state index in [-0.39, 0.29) is 18.2 Å². The first-order chi connectivity index (χ1) is 18.4. The monoisotopic (exact) mass is 631 g/mol. The Kier molecular flexibility index (Phi) is 7.48. The second-order valence-corrected chi connectivity index (χ2v) is 10.1. The van der Waals surface area contributed by atoms with Crippen molar-refractivity contribution in [2.75, 3.05) is 5.01 Å². The first kappa shape index (κ1) is 25.6. The molecular formula is C29H19Br2N3O4. The van der Waals surface area contributed by atoms with E-state index in [2.05, 4.69) is 37.0 Å². The highest BCUT2D eigenvalue weighted by atomic mass is 79.9. The Balaban J connectivity index is 1.44. The number of nitro benzene ring substituents is 1. The molecule has 1 amide bonds. The fraction of sp³-hybridized carbons (Fsp3) is 0.0345. The van der Waals surface area contributed by atoms with Crippen LogP contribution >= 0.6 is 31.9 Å². The highest BCUT2D eigenvalue weighted by Crippen LogP contribution is 2.37. The van der Waals surface area contributed by atoms with Crippen molar-refractivity contribution < 1.29 is 14.5 Å². The molecule has 0 spiro atoms.